The number of rotatable bonds is 8. The van der Waals surface area contributed by atoms with Crippen LogP contribution in [0, 0.1) is 6.92 Å². The van der Waals surface area contributed by atoms with Crippen LogP contribution in [0.2, 0.25) is 0 Å². The van der Waals surface area contributed by atoms with Crippen molar-refractivity contribution in [3.63, 3.8) is 0 Å². The zero-order valence-corrected chi connectivity index (χ0v) is 24.6. The first-order valence-electron chi connectivity index (χ1n) is 15.1. The van der Waals surface area contributed by atoms with Crippen molar-refractivity contribution in [2.24, 2.45) is 0 Å². The van der Waals surface area contributed by atoms with Gasteiger partial charge in [0.05, 0.1) is 16.9 Å². The molecule has 6 rings (SSSR count). The maximum absolute atomic E-state index is 11.9. The van der Waals surface area contributed by atoms with Gasteiger partial charge in [-0.1, -0.05) is 49.4 Å². The molecule has 0 spiro atoms. The van der Waals surface area contributed by atoms with Crippen molar-refractivity contribution in [2.45, 2.75) is 39.3 Å². The third-order valence-corrected chi connectivity index (χ3v) is 8.64. The van der Waals surface area contributed by atoms with Gasteiger partial charge in [-0.2, -0.15) is 5.10 Å². The Labute approximate surface area is 248 Å². The zero-order chi connectivity index (χ0) is 28.9. The Hall–Kier alpha value is -4.07. The van der Waals surface area contributed by atoms with Gasteiger partial charge in [0.2, 0.25) is 5.91 Å². The number of hydrogen-bond acceptors (Lipinski definition) is 5. The molecule has 216 valence electrons. The first-order chi connectivity index (χ1) is 20.6. The monoisotopic (exact) mass is 560 g/mol. The van der Waals surface area contributed by atoms with Gasteiger partial charge < -0.3 is 4.90 Å². The molecule has 2 fully saturated rings. The van der Waals surface area contributed by atoms with E-state index in [2.05, 4.69) is 94.2 Å². The highest BCUT2D eigenvalue weighted by molar-refractivity contribution is 5.92. The summed E-state index contributed by atoms with van der Waals surface area (Å²) in [6.45, 7) is 13.3. The van der Waals surface area contributed by atoms with Gasteiger partial charge in [0, 0.05) is 50.9 Å². The van der Waals surface area contributed by atoms with Crippen LogP contribution >= 0.6 is 0 Å². The predicted octanol–water partition coefficient (Wildman–Crippen LogP) is 5.92. The van der Waals surface area contributed by atoms with Crippen LogP contribution < -0.4 is 0 Å². The first-order valence-corrected chi connectivity index (χ1v) is 15.1. The molecule has 0 saturated carbocycles. The normalized spacial score (nSPS) is 16.8. The molecule has 4 heterocycles. The first kappa shape index (κ1) is 28.1. The molecule has 2 aliphatic heterocycles. The lowest BCUT2D eigenvalue weighted by molar-refractivity contribution is -0.127. The highest BCUT2D eigenvalue weighted by Crippen LogP contribution is 2.28. The van der Waals surface area contributed by atoms with Crippen molar-refractivity contribution in [1.82, 2.24) is 29.9 Å². The molecule has 4 aromatic rings. The number of hydrogen-bond donors (Lipinski definition) is 1. The fourth-order valence-corrected chi connectivity index (χ4v) is 6.04. The summed E-state index contributed by atoms with van der Waals surface area (Å²) in [5.74, 6) is 0.0256. The number of aromatic nitrogens is 3. The molecule has 0 atom stereocenters. The summed E-state index contributed by atoms with van der Waals surface area (Å²) < 4.78 is 0. The fourth-order valence-electron chi connectivity index (χ4n) is 6.04. The molecular formula is C35H40N6O. The molecule has 1 amide bonds. The number of amides is 1. The van der Waals surface area contributed by atoms with E-state index in [1.165, 1.54) is 60.7 Å². The number of piperazine rings is 1. The molecule has 2 aliphatic rings. The summed E-state index contributed by atoms with van der Waals surface area (Å²) in [6.07, 6.45) is 11.5. The van der Waals surface area contributed by atoms with Crippen molar-refractivity contribution < 1.29 is 4.79 Å². The quantitative estimate of drug-likeness (QED) is 0.271. The number of H-pyrrole nitrogens is 1. The van der Waals surface area contributed by atoms with E-state index in [1.807, 2.05) is 11.1 Å². The van der Waals surface area contributed by atoms with Crippen molar-refractivity contribution in [1.29, 1.82) is 0 Å². The molecule has 1 N–H and O–H groups in total. The Morgan fingerprint density at radius 1 is 0.881 bits per heavy atom. The van der Waals surface area contributed by atoms with Crippen LogP contribution in [-0.4, -0.2) is 75.1 Å². The van der Waals surface area contributed by atoms with Crippen LogP contribution in [0.5, 0.6) is 0 Å². The number of pyridine rings is 1. The predicted molar refractivity (Wildman–Crippen MR) is 171 cm³/mol. The Morgan fingerprint density at radius 3 is 2.38 bits per heavy atom. The molecular weight excluding hydrogens is 520 g/mol. The molecule has 7 heteroatoms. The number of carbonyl (C=O) groups excluding carboxylic acids is 1. The lowest BCUT2D eigenvalue weighted by atomic mass is 9.98. The number of piperidine rings is 1. The van der Waals surface area contributed by atoms with E-state index in [-0.39, 0.29) is 5.91 Å². The third-order valence-electron chi connectivity index (χ3n) is 8.64. The number of nitrogens with zero attached hydrogens (tertiary/aromatic N) is 5. The number of nitrogens with one attached hydrogen (secondary N) is 1. The largest absolute Gasteiger partial charge is 0.337 e. The van der Waals surface area contributed by atoms with E-state index < -0.39 is 0 Å². The molecule has 7 nitrogen and oxygen atoms in total. The van der Waals surface area contributed by atoms with E-state index in [9.17, 15) is 4.79 Å². The number of benzene rings is 2. The molecule has 0 bridgehead atoms. The summed E-state index contributed by atoms with van der Waals surface area (Å²) in [5, 5.41) is 8.87. The molecule has 2 aromatic heterocycles. The maximum Gasteiger partial charge on any atom is 0.246 e. The second-order valence-electron chi connectivity index (χ2n) is 11.6. The third kappa shape index (κ3) is 6.53. The SMILES string of the molecule is C=CC(=O)N1CCN(Cc2ccc(-c3ccc4[nH]nc(/C=C/c5ccc(CN6CCCCC6)nc5)c4c3)cc2C)CC1. The average Bonchev–Trinajstić information content (AvgIpc) is 3.44. The summed E-state index contributed by atoms with van der Waals surface area (Å²) in [4.78, 5) is 23.4. The standard InChI is InChI=1S/C35H40N6O/c1-3-35(42)41-19-17-40(18-20-41)24-30-10-9-28(21-26(30)2)29-11-14-34-32(22-29)33(37-38-34)13-8-27-7-12-31(36-23-27)25-39-15-5-4-6-16-39/h3,7-14,21-23H,1,4-6,15-20,24-25H2,2H3,(H,37,38)/b13-8+. The molecule has 0 radical (unpaired) electrons. The van der Waals surface area contributed by atoms with Gasteiger partial charge in [-0.15, -0.1) is 0 Å². The van der Waals surface area contributed by atoms with E-state index in [4.69, 9.17) is 4.98 Å². The number of aryl methyl sites for hydroxylation is 1. The van der Waals surface area contributed by atoms with Crippen LogP contribution in [0.4, 0.5) is 0 Å². The minimum atomic E-state index is 0.0256. The Balaban J connectivity index is 1.12. The topological polar surface area (TPSA) is 68.4 Å². The highest BCUT2D eigenvalue weighted by atomic mass is 16.2. The molecule has 2 aromatic carbocycles. The average molecular weight is 561 g/mol. The van der Waals surface area contributed by atoms with Crippen molar-refractivity contribution in [3.8, 4) is 11.1 Å². The van der Waals surface area contributed by atoms with Crippen LogP contribution in [0.25, 0.3) is 34.2 Å². The lowest BCUT2D eigenvalue weighted by Crippen LogP contribution is -2.47. The number of carbonyl (C=O) groups is 1. The molecule has 0 unspecified atom stereocenters. The second kappa shape index (κ2) is 12.8. The Kier molecular flexibility index (Phi) is 8.58. The van der Waals surface area contributed by atoms with Crippen LogP contribution in [-0.2, 0) is 17.9 Å². The smallest absolute Gasteiger partial charge is 0.246 e. The lowest BCUT2D eigenvalue weighted by Gasteiger charge is -2.34. The van der Waals surface area contributed by atoms with E-state index >= 15 is 0 Å². The van der Waals surface area contributed by atoms with Gasteiger partial charge in [0.15, 0.2) is 0 Å². The minimum absolute atomic E-state index is 0.0256. The summed E-state index contributed by atoms with van der Waals surface area (Å²) in [7, 11) is 0. The van der Waals surface area contributed by atoms with Gasteiger partial charge in [-0.05, 0) is 91.0 Å². The van der Waals surface area contributed by atoms with Crippen LogP contribution in [0.15, 0.2) is 67.4 Å². The summed E-state index contributed by atoms with van der Waals surface area (Å²) in [5.41, 5.74) is 9.13. The highest BCUT2D eigenvalue weighted by Gasteiger charge is 2.20. The fraction of sp³-hybridized carbons (Fsp3) is 0.343. The molecule has 2 saturated heterocycles. The van der Waals surface area contributed by atoms with Gasteiger partial charge >= 0.3 is 0 Å². The zero-order valence-electron chi connectivity index (χ0n) is 24.6. The Bertz CT molecular complexity index is 1570. The van der Waals surface area contributed by atoms with Crippen molar-refractivity contribution in [3.05, 3.63) is 95.5 Å². The van der Waals surface area contributed by atoms with Crippen LogP contribution in [0.1, 0.15) is 47.3 Å². The van der Waals surface area contributed by atoms with Crippen molar-refractivity contribution in [2.75, 3.05) is 39.3 Å². The molecule has 0 aliphatic carbocycles. The van der Waals surface area contributed by atoms with E-state index in [0.29, 0.717) is 0 Å². The Morgan fingerprint density at radius 2 is 1.64 bits per heavy atom. The van der Waals surface area contributed by atoms with Crippen molar-refractivity contribution >= 4 is 29.0 Å². The number of likely N-dealkylation sites (tertiary alicyclic amines) is 1. The van der Waals surface area contributed by atoms with E-state index in [1.54, 1.807) is 0 Å². The summed E-state index contributed by atoms with van der Waals surface area (Å²) in [6, 6.07) is 17.5. The van der Waals surface area contributed by atoms with Crippen LogP contribution in [0.3, 0.4) is 0 Å². The van der Waals surface area contributed by atoms with E-state index in [0.717, 1.165) is 67.1 Å². The second-order valence-corrected chi connectivity index (χ2v) is 11.6. The van der Waals surface area contributed by atoms with Gasteiger partial charge in [-0.3, -0.25) is 24.7 Å². The van der Waals surface area contributed by atoms with Gasteiger partial charge in [-0.25, -0.2) is 0 Å². The summed E-state index contributed by atoms with van der Waals surface area (Å²) >= 11 is 0. The maximum atomic E-state index is 11.9. The molecule has 42 heavy (non-hydrogen) atoms. The number of fused-ring (bicyclic) bond motifs is 1. The minimum Gasteiger partial charge on any atom is -0.337 e. The van der Waals surface area contributed by atoms with Gasteiger partial charge in [0.25, 0.3) is 0 Å². The van der Waals surface area contributed by atoms with Gasteiger partial charge in [0.1, 0.15) is 0 Å². The number of aromatic amines is 1.